The van der Waals surface area contributed by atoms with Crippen LogP contribution < -0.4 is 4.72 Å². The molecule has 110 valence electrons. The summed E-state index contributed by atoms with van der Waals surface area (Å²) >= 11 is 1.57. The standard InChI is InChI=1S/C13H13N3O3S2/c1-16-9-11(8-14-16)21(17,18)15-7-10-4-5-12(19-10)13-3-2-6-20-13/h2-6,8-9,15H,7H2,1H3. The number of aromatic nitrogens is 2. The molecule has 0 aliphatic heterocycles. The van der Waals surface area contributed by atoms with Crippen LogP contribution in [0.5, 0.6) is 0 Å². The zero-order valence-corrected chi connectivity index (χ0v) is 12.8. The van der Waals surface area contributed by atoms with Crippen LogP contribution in [0.15, 0.2) is 51.4 Å². The SMILES string of the molecule is Cn1cc(S(=O)(=O)NCc2ccc(-c3cccs3)o2)cn1. The van der Waals surface area contributed by atoms with Gasteiger partial charge < -0.3 is 4.42 Å². The fraction of sp³-hybridized carbons (Fsp3) is 0.154. The van der Waals surface area contributed by atoms with E-state index in [2.05, 4.69) is 9.82 Å². The first kappa shape index (κ1) is 14.1. The van der Waals surface area contributed by atoms with Gasteiger partial charge in [-0.15, -0.1) is 11.3 Å². The highest BCUT2D eigenvalue weighted by Gasteiger charge is 2.16. The summed E-state index contributed by atoms with van der Waals surface area (Å²) in [6.45, 7) is 0.0998. The van der Waals surface area contributed by atoms with Crippen molar-refractivity contribution < 1.29 is 12.8 Å². The highest BCUT2D eigenvalue weighted by molar-refractivity contribution is 7.89. The van der Waals surface area contributed by atoms with Crippen LogP contribution in [0.1, 0.15) is 5.76 Å². The summed E-state index contributed by atoms with van der Waals surface area (Å²) in [5.41, 5.74) is 0. The van der Waals surface area contributed by atoms with Crippen LogP contribution in [-0.2, 0) is 23.6 Å². The first-order chi connectivity index (χ1) is 10.0. The lowest BCUT2D eigenvalue weighted by Gasteiger charge is -2.02. The number of sulfonamides is 1. The van der Waals surface area contributed by atoms with Crippen molar-refractivity contribution in [2.45, 2.75) is 11.4 Å². The van der Waals surface area contributed by atoms with Gasteiger partial charge in [-0.2, -0.15) is 5.10 Å². The molecule has 3 heterocycles. The lowest BCUT2D eigenvalue weighted by molar-refractivity contribution is 0.510. The zero-order chi connectivity index (χ0) is 14.9. The number of hydrogen-bond donors (Lipinski definition) is 1. The van der Waals surface area contributed by atoms with E-state index >= 15 is 0 Å². The highest BCUT2D eigenvalue weighted by atomic mass is 32.2. The second-order valence-corrected chi connectivity index (χ2v) is 7.13. The molecule has 0 atom stereocenters. The predicted molar refractivity (Wildman–Crippen MR) is 79.3 cm³/mol. The number of rotatable bonds is 5. The molecule has 0 fully saturated rings. The van der Waals surface area contributed by atoms with Gasteiger partial charge in [0.25, 0.3) is 0 Å². The summed E-state index contributed by atoms with van der Waals surface area (Å²) in [5, 5.41) is 5.81. The molecule has 6 nitrogen and oxygen atoms in total. The Morgan fingerprint density at radius 1 is 1.38 bits per heavy atom. The number of hydrogen-bond acceptors (Lipinski definition) is 5. The highest BCUT2D eigenvalue weighted by Crippen LogP contribution is 2.26. The van der Waals surface area contributed by atoms with Gasteiger partial charge in [-0.1, -0.05) is 6.07 Å². The second-order valence-electron chi connectivity index (χ2n) is 4.42. The summed E-state index contributed by atoms with van der Waals surface area (Å²) in [6, 6.07) is 7.49. The lowest BCUT2D eigenvalue weighted by Crippen LogP contribution is -2.22. The van der Waals surface area contributed by atoms with Crippen molar-refractivity contribution in [3.63, 3.8) is 0 Å². The molecule has 1 N–H and O–H groups in total. The van der Waals surface area contributed by atoms with Crippen LogP contribution in [-0.4, -0.2) is 18.2 Å². The Balaban J connectivity index is 1.71. The van der Waals surface area contributed by atoms with Crippen molar-refractivity contribution in [1.82, 2.24) is 14.5 Å². The van der Waals surface area contributed by atoms with Crippen molar-refractivity contribution in [1.29, 1.82) is 0 Å². The van der Waals surface area contributed by atoms with E-state index in [9.17, 15) is 8.42 Å². The fourth-order valence-corrected chi connectivity index (χ4v) is 3.47. The average Bonchev–Trinajstić information content (AvgIpc) is 3.17. The fourth-order valence-electron chi connectivity index (χ4n) is 1.81. The average molecular weight is 323 g/mol. The van der Waals surface area contributed by atoms with Crippen molar-refractivity contribution >= 4 is 21.4 Å². The molecule has 0 spiro atoms. The summed E-state index contributed by atoms with van der Waals surface area (Å²) in [4.78, 5) is 1.14. The molecule has 0 saturated carbocycles. The second kappa shape index (κ2) is 5.47. The number of aryl methyl sites for hydroxylation is 1. The first-order valence-corrected chi connectivity index (χ1v) is 8.52. The maximum atomic E-state index is 12.1. The van der Waals surface area contributed by atoms with Crippen LogP contribution in [0, 0.1) is 0 Å². The normalized spacial score (nSPS) is 11.9. The molecular weight excluding hydrogens is 310 g/mol. The van der Waals surface area contributed by atoms with E-state index < -0.39 is 10.0 Å². The molecule has 0 aliphatic carbocycles. The van der Waals surface area contributed by atoms with Crippen LogP contribution in [0.25, 0.3) is 10.6 Å². The summed E-state index contributed by atoms with van der Waals surface area (Å²) < 4.78 is 33.7. The molecule has 3 rings (SSSR count). The molecule has 0 aromatic carbocycles. The Labute approximate surface area is 126 Å². The van der Waals surface area contributed by atoms with Crippen molar-refractivity contribution in [3.8, 4) is 10.6 Å². The molecule has 0 saturated heterocycles. The molecule has 0 unspecified atom stereocenters. The van der Waals surface area contributed by atoms with Gasteiger partial charge in [0.15, 0.2) is 0 Å². The van der Waals surface area contributed by atoms with Gasteiger partial charge in [-0.25, -0.2) is 13.1 Å². The quantitative estimate of drug-likeness (QED) is 0.781. The van der Waals surface area contributed by atoms with E-state index in [0.717, 1.165) is 10.6 Å². The van der Waals surface area contributed by atoms with E-state index in [-0.39, 0.29) is 11.4 Å². The maximum Gasteiger partial charge on any atom is 0.244 e. The topological polar surface area (TPSA) is 77.1 Å². The van der Waals surface area contributed by atoms with Gasteiger partial charge in [-0.3, -0.25) is 4.68 Å². The third-order valence-electron chi connectivity index (χ3n) is 2.85. The van der Waals surface area contributed by atoms with Gasteiger partial charge in [0.05, 0.1) is 17.6 Å². The van der Waals surface area contributed by atoms with E-state index in [1.54, 1.807) is 24.5 Å². The van der Waals surface area contributed by atoms with Crippen LogP contribution in [0.2, 0.25) is 0 Å². The molecule has 0 bridgehead atoms. The van der Waals surface area contributed by atoms with Gasteiger partial charge in [0.1, 0.15) is 16.4 Å². The predicted octanol–water partition coefficient (Wildman–Crippen LogP) is 2.22. The van der Waals surface area contributed by atoms with Gasteiger partial charge in [0, 0.05) is 13.2 Å². The molecule has 8 heteroatoms. The summed E-state index contributed by atoms with van der Waals surface area (Å²) in [7, 11) is -1.91. The Morgan fingerprint density at radius 3 is 2.90 bits per heavy atom. The number of furan rings is 1. The minimum Gasteiger partial charge on any atom is -0.459 e. The third kappa shape index (κ3) is 3.07. The van der Waals surface area contributed by atoms with Gasteiger partial charge >= 0.3 is 0 Å². The van der Waals surface area contributed by atoms with Crippen molar-refractivity contribution in [3.05, 3.63) is 47.8 Å². The Kier molecular flexibility index (Phi) is 3.66. The lowest BCUT2D eigenvalue weighted by atomic mass is 10.3. The number of nitrogens with one attached hydrogen (secondary N) is 1. The smallest absolute Gasteiger partial charge is 0.244 e. The Bertz CT molecular complexity index is 832. The van der Waals surface area contributed by atoms with E-state index in [1.807, 2.05) is 23.6 Å². The minimum absolute atomic E-state index is 0.0998. The Morgan fingerprint density at radius 2 is 2.24 bits per heavy atom. The largest absolute Gasteiger partial charge is 0.459 e. The molecule has 3 aromatic rings. The number of thiophene rings is 1. The van der Waals surface area contributed by atoms with E-state index in [1.165, 1.54) is 17.1 Å². The Hall–Kier alpha value is -1.90. The van der Waals surface area contributed by atoms with Crippen molar-refractivity contribution in [2.24, 2.45) is 7.05 Å². The molecule has 3 aromatic heterocycles. The molecule has 21 heavy (non-hydrogen) atoms. The summed E-state index contributed by atoms with van der Waals surface area (Å²) in [6.07, 6.45) is 2.75. The minimum atomic E-state index is -3.57. The van der Waals surface area contributed by atoms with Gasteiger partial charge in [0.2, 0.25) is 10.0 Å². The maximum absolute atomic E-state index is 12.1. The summed E-state index contributed by atoms with van der Waals surface area (Å²) in [5.74, 6) is 1.30. The molecule has 0 aliphatic rings. The number of nitrogens with zero attached hydrogens (tertiary/aromatic N) is 2. The van der Waals surface area contributed by atoms with Crippen LogP contribution in [0.4, 0.5) is 0 Å². The van der Waals surface area contributed by atoms with Crippen molar-refractivity contribution in [2.75, 3.05) is 0 Å². The molecule has 0 amide bonds. The van der Waals surface area contributed by atoms with Gasteiger partial charge in [-0.05, 0) is 23.6 Å². The van der Waals surface area contributed by atoms with Crippen LogP contribution in [0.3, 0.4) is 0 Å². The molecule has 0 radical (unpaired) electrons. The van der Waals surface area contributed by atoms with E-state index in [4.69, 9.17) is 4.42 Å². The monoisotopic (exact) mass is 323 g/mol. The zero-order valence-electron chi connectivity index (χ0n) is 11.2. The van der Waals surface area contributed by atoms with Crippen LogP contribution >= 0.6 is 11.3 Å². The third-order valence-corrected chi connectivity index (χ3v) is 5.09. The first-order valence-electron chi connectivity index (χ1n) is 6.15. The van der Waals surface area contributed by atoms with E-state index in [0.29, 0.717) is 5.76 Å². The molecular formula is C13H13N3O3S2.